The second-order valence-electron chi connectivity index (χ2n) is 6.14. The minimum absolute atomic E-state index is 0.254. The first kappa shape index (κ1) is 16.1. The Morgan fingerprint density at radius 1 is 1.37 bits per heavy atom. The summed E-state index contributed by atoms with van der Waals surface area (Å²) in [4.78, 5) is 11.4. The largest absolute Gasteiger partial charge is 0.480 e. The molecule has 0 radical (unpaired) electrons. The summed E-state index contributed by atoms with van der Waals surface area (Å²) in [7, 11) is 0. The predicted octanol–water partition coefficient (Wildman–Crippen LogP) is 3.62. The van der Waals surface area contributed by atoms with Crippen LogP contribution < -0.4 is 5.32 Å². The first-order valence-corrected chi connectivity index (χ1v) is 6.28. The molecule has 0 aromatic rings. The molecule has 1 N–H and O–H groups in total. The number of hydrogen-bond donors (Lipinski definition) is 1. The Kier molecular flexibility index (Phi) is 4.42. The topological polar surface area (TPSA) is 38.3 Å². The number of rotatable bonds is 5. The summed E-state index contributed by atoms with van der Waals surface area (Å²) in [6.45, 7) is -0.272. The number of halogens is 4. The lowest BCUT2D eigenvalue weighted by Crippen LogP contribution is -2.43. The van der Waals surface area contributed by atoms with Crippen molar-refractivity contribution < 1.29 is 26.9 Å². The molecule has 0 aromatic heterocycles. The highest BCUT2D eigenvalue weighted by molar-refractivity contribution is 6.58. The van der Waals surface area contributed by atoms with Crippen molar-refractivity contribution in [2.24, 2.45) is 0 Å². The second kappa shape index (κ2) is 5.21. The number of carbonyl (C=O) groups excluding carboxylic acids is 1. The summed E-state index contributed by atoms with van der Waals surface area (Å²) < 4.78 is 55.8. The van der Waals surface area contributed by atoms with E-state index in [9.17, 15) is 22.1 Å². The average molecular weight is 284 g/mol. The van der Waals surface area contributed by atoms with E-state index in [1.807, 2.05) is 0 Å². The third-order valence-corrected chi connectivity index (χ3v) is 2.68. The van der Waals surface area contributed by atoms with Crippen molar-refractivity contribution in [2.75, 3.05) is 0 Å². The number of ether oxygens (including phenoxy) is 1. The highest BCUT2D eigenvalue weighted by atomic mass is 19.4. The van der Waals surface area contributed by atoms with E-state index in [4.69, 9.17) is 4.74 Å². The lowest BCUT2D eigenvalue weighted by atomic mass is 9.80. The normalized spacial score (nSPS) is 19.7. The molecule has 0 aliphatic heterocycles. The highest BCUT2D eigenvalue weighted by Crippen LogP contribution is 2.44. The van der Waals surface area contributed by atoms with Crippen LogP contribution in [0, 0.1) is 0 Å². The summed E-state index contributed by atoms with van der Waals surface area (Å²) in [6.07, 6.45) is -1.94. The Balaban J connectivity index is 2.55. The van der Waals surface area contributed by atoms with Gasteiger partial charge < -0.3 is 23.0 Å². The van der Waals surface area contributed by atoms with E-state index in [1.54, 1.807) is 20.8 Å². The zero-order chi connectivity index (χ0) is 14.9. The monoisotopic (exact) mass is 284 g/mol. The fourth-order valence-corrected chi connectivity index (χ4v) is 1.77. The van der Waals surface area contributed by atoms with Gasteiger partial charge in [0.2, 0.25) is 0 Å². The smallest absolute Gasteiger partial charge is 0.449 e. The Bertz CT molecular complexity index is 329. The van der Waals surface area contributed by atoms with Crippen molar-refractivity contribution in [3.05, 3.63) is 0 Å². The van der Waals surface area contributed by atoms with E-state index in [-0.39, 0.29) is 19.3 Å². The standard InChI is InChI=1S/C11H19BF4NO2/c1-10(2,3)19-9(18)17-8(7-12(14,15)16)6-11(13)4-5-11/h8H,4-7H2,1-3H3,(H,17,18)/q-1. The molecule has 1 amide bonds. The lowest BCUT2D eigenvalue weighted by molar-refractivity contribution is 0.0497. The molecular formula is C11H19BF4NO2-. The number of nitrogens with one attached hydrogen (secondary N) is 1. The number of hydrogen-bond acceptors (Lipinski definition) is 2. The Labute approximate surface area is 110 Å². The Morgan fingerprint density at radius 3 is 2.26 bits per heavy atom. The van der Waals surface area contributed by atoms with E-state index in [0.29, 0.717) is 0 Å². The molecule has 8 heteroatoms. The lowest BCUT2D eigenvalue weighted by Gasteiger charge is -2.27. The SMILES string of the molecule is CC(C)(C)OC(=O)NC(C[B-](F)(F)F)CC1(F)CC1. The van der Waals surface area contributed by atoms with Gasteiger partial charge in [-0.2, -0.15) is 0 Å². The van der Waals surface area contributed by atoms with Crippen molar-refractivity contribution in [1.29, 1.82) is 0 Å². The Hall–Kier alpha value is -0.945. The Morgan fingerprint density at radius 2 is 1.89 bits per heavy atom. The van der Waals surface area contributed by atoms with Crippen LogP contribution in [-0.2, 0) is 4.74 Å². The van der Waals surface area contributed by atoms with E-state index in [2.05, 4.69) is 5.32 Å². The number of amides is 1. The molecule has 0 spiro atoms. The number of alkyl carbamates (subject to hydrolysis) is 1. The molecule has 0 saturated heterocycles. The molecule has 3 nitrogen and oxygen atoms in total. The molecule has 0 aromatic carbocycles. The molecule has 1 rings (SSSR count). The van der Waals surface area contributed by atoms with Crippen LogP contribution in [0.25, 0.3) is 0 Å². The van der Waals surface area contributed by atoms with Gasteiger partial charge in [-0.3, -0.25) is 0 Å². The fraction of sp³-hybridized carbons (Fsp3) is 0.909. The van der Waals surface area contributed by atoms with Crippen LogP contribution in [0.1, 0.15) is 40.0 Å². The van der Waals surface area contributed by atoms with E-state index in [0.717, 1.165) is 0 Å². The molecular weight excluding hydrogens is 265 g/mol. The third-order valence-electron chi connectivity index (χ3n) is 2.68. The van der Waals surface area contributed by atoms with Crippen LogP contribution in [0.15, 0.2) is 0 Å². The molecule has 1 saturated carbocycles. The molecule has 112 valence electrons. The summed E-state index contributed by atoms with van der Waals surface area (Å²) >= 11 is 0. The van der Waals surface area contributed by atoms with Gasteiger partial charge in [0.05, 0.1) is 0 Å². The average Bonchev–Trinajstić information content (AvgIpc) is 2.74. The minimum Gasteiger partial charge on any atom is -0.449 e. The zero-order valence-corrected chi connectivity index (χ0v) is 11.3. The van der Waals surface area contributed by atoms with E-state index in [1.165, 1.54) is 0 Å². The maximum atomic E-state index is 13.6. The van der Waals surface area contributed by atoms with Gasteiger partial charge in [0, 0.05) is 6.04 Å². The predicted molar refractivity (Wildman–Crippen MR) is 64.7 cm³/mol. The van der Waals surface area contributed by atoms with Crippen molar-refractivity contribution in [2.45, 2.75) is 63.7 Å². The van der Waals surface area contributed by atoms with E-state index < -0.39 is 36.7 Å². The molecule has 1 aliphatic carbocycles. The van der Waals surface area contributed by atoms with Crippen molar-refractivity contribution in [3.8, 4) is 0 Å². The molecule has 1 unspecified atom stereocenters. The van der Waals surface area contributed by atoms with Crippen LogP contribution in [0.5, 0.6) is 0 Å². The van der Waals surface area contributed by atoms with Crippen molar-refractivity contribution >= 4 is 13.1 Å². The molecule has 0 heterocycles. The third kappa shape index (κ3) is 7.27. The van der Waals surface area contributed by atoms with Gasteiger partial charge in [-0.05, 0) is 40.0 Å². The quantitative estimate of drug-likeness (QED) is 0.618. The van der Waals surface area contributed by atoms with Crippen LogP contribution in [0.2, 0.25) is 6.32 Å². The van der Waals surface area contributed by atoms with E-state index >= 15 is 0 Å². The first-order valence-electron chi connectivity index (χ1n) is 6.28. The summed E-state index contributed by atoms with van der Waals surface area (Å²) in [5, 5.41) is 2.12. The van der Waals surface area contributed by atoms with Gasteiger partial charge in [0.15, 0.2) is 0 Å². The maximum absolute atomic E-state index is 13.6. The zero-order valence-electron chi connectivity index (χ0n) is 11.3. The number of carbonyl (C=O) groups is 1. The first-order chi connectivity index (χ1) is 8.39. The van der Waals surface area contributed by atoms with Gasteiger partial charge in [0.25, 0.3) is 0 Å². The van der Waals surface area contributed by atoms with Crippen LogP contribution >= 0.6 is 0 Å². The molecule has 1 atom stereocenters. The van der Waals surface area contributed by atoms with Crippen LogP contribution in [0.3, 0.4) is 0 Å². The van der Waals surface area contributed by atoms with Gasteiger partial charge in [-0.15, -0.1) is 0 Å². The van der Waals surface area contributed by atoms with Gasteiger partial charge in [-0.25, -0.2) is 9.18 Å². The summed E-state index contributed by atoms with van der Waals surface area (Å²) in [6, 6.07) is -1.26. The van der Waals surface area contributed by atoms with Crippen molar-refractivity contribution in [3.63, 3.8) is 0 Å². The molecule has 1 aliphatic rings. The fourth-order valence-electron chi connectivity index (χ4n) is 1.77. The summed E-state index contributed by atoms with van der Waals surface area (Å²) in [5.74, 6) is 0. The van der Waals surface area contributed by atoms with Gasteiger partial charge in [0.1, 0.15) is 11.3 Å². The number of alkyl halides is 1. The summed E-state index contributed by atoms with van der Waals surface area (Å²) in [5.41, 5.74) is -2.36. The highest BCUT2D eigenvalue weighted by Gasteiger charge is 2.46. The van der Waals surface area contributed by atoms with Crippen LogP contribution in [0.4, 0.5) is 22.1 Å². The molecule has 1 fully saturated rings. The van der Waals surface area contributed by atoms with Gasteiger partial charge in [-0.1, -0.05) is 6.32 Å². The van der Waals surface area contributed by atoms with Crippen LogP contribution in [-0.4, -0.2) is 30.4 Å². The molecule has 19 heavy (non-hydrogen) atoms. The molecule has 0 bridgehead atoms. The minimum atomic E-state index is -5.08. The second-order valence-corrected chi connectivity index (χ2v) is 6.14. The van der Waals surface area contributed by atoms with Crippen molar-refractivity contribution in [1.82, 2.24) is 5.32 Å². The maximum Gasteiger partial charge on any atom is 0.480 e. The van der Waals surface area contributed by atoms with Gasteiger partial charge >= 0.3 is 13.1 Å².